The molecule has 0 saturated carbocycles. The number of nitrogens with zero attached hydrogens (tertiary/aromatic N) is 1. The fourth-order valence-corrected chi connectivity index (χ4v) is 5.26. The molecule has 37 heavy (non-hydrogen) atoms. The lowest BCUT2D eigenvalue weighted by molar-refractivity contribution is -0.127. The van der Waals surface area contributed by atoms with E-state index in [1.54, 1.807) is 44.3 Å². The highest BCUT2D eigenvalue weighted by molar-refractivity contribution is 7.17. The van der Waals surface area contributed by atoms with Crippen molar-refractivity contribution < 1.29 is 23.9 Å². The highest BCUT2D eigenvalue weighted by atomic mass is 32.1. The Morgan fingerprint density at radius 1 is 1.05 bits per heavy atom. The Morgan fingerprint density at radius 3 is 2.51 bits per heavy atom. The Bertz CT molecular complexity index is 1290. The van der Waals surface area contributed by atoms with E-state index < -0.39 is 18.0 Å². The molecule has 0 spiro atoms. The van der Waals surface area contributed by atoms with Crippen LogP contribution in [0.2, 0.25) is 0 Å². The number of carbonyl (C=O) groups excluding carboxylic acids is 3. The molecule has 9 heteroatoms. The zero-order valence-corrected chi connectivity index (χ0v) is 21.6. The van der Waals surface area contributed by atoms with E-state index in [0.717, 1.165) is 41.7 Å². The zero-order valence-electron chi connectivity index (χ0n) is 20.8. The van der Waals surface area contributed by atoms with Crippen LogP contribution in [0, 0.1) is 0 Å². The molecule has 1 aliphatic carbocycles. The fraction of sp³-hybridized carbons (Fsp3) is 0.286. The minimum atomic E-state index is -0.794. The molecule has 1 unspecified atom stereocenters. The highest BCUT2D eigenvalue weighted by Crippen LogP contribution is 2.38. The molecule has 1 aliphatic rings. The van der Waals surface area contributed by atoms with E-state index in [-0.39, 0.29) is 12.5 Å². The van der Waals surface area contributed by atoms with Gasteiger partial charge in [0, 0.05) is 10.4 Å². The SMILES string of the molecule is CCOC(=O)c1c(NC(=O)c2ccc(OC(C)C(=O)N/N=C/c3ccccc3)cc2)sc2c1CCCC2. The molecule has 192 valence electrons. The summed E-state index contributed by atoms with van der Waals surface area (Å²) in [6, 6.07) is 15.9. The molecule has 0 bridgehead atoms. The van der Waals surface area contributed by atoms with E-state index in [4.69, 9.17) is 9.47 Å². The van der Waals surface area contributed by atoms with Crippen molar-refractivity contribution in [3.05, 3.63) is 81.7 Å². The van der Waals surface area contributed by atoms with E-state index in [1.807, 2.05) is 30.3 Å². The maximum atomic E-state index is 13.0. The molecule has 1 atom stereocenters. The lowest BCUT2D eigenvalue weighted by Crippen LogP contribution is -2.33. The predicted octanol–water partition coefficient (Wildman–Crippen LogP) is 4.97. The summed E-state index contributed by atoms with van der Waals surface area (Å²) in [6.07, 6.45) is 4.55. The average molecular weight is 520 g/mol. The smallest absolute Gasteiger partial charge is 0.341 e. The molecule has 2 aromatic carbocycles. The number of carbonyl (C=O) groups is 3. The van der Waals surface area contributed by atoms with Crippen molar-refractivity contribution >= 4 is 40.3 Å². The molecule has 2 N–H and O–H groups in total. The second-order valence-corrected chi connectivity index (χ2v) is 9.62. The minimum absolute atomic E-state index is 0.272. The monoisotopic (exact) mass is 519 g/mol. The number of aryl methyl sites for hydroxylation is 1. The first-order chi connectivity index (χ1) is 18.0. The third kappa shape index (κ3) is 6.62. The molecule has 0 aliphatic heterocycles. The summed E-state index contributed by atoms with van der Waals surface area (Å²) >= 11 is 1.45. The number of hydrogen-bond acceptors (Lipinski definition) is 7. The maximum absolute atomic E-state index is 13.0. The van der Waals surface area contributed by atoms with Crippen LogP contribution < -0.4 is 15.5 Å². The molecule has 0 saturated heterocycles. The Labute approximate surface area is 219 Å². The zero-order chi connectivity index (χ0) is 26.2. The lowest BCUT2D eigenvalue weighted by atomic mass is 9.95. The summed E-state index contributed by atoms with van der Waals surface area (Å²) in [6.45, 7) is 3.65. The largest absolute Gasteiger partial charge is 0.481 e. The molecule has 0 fully saturated rings. The molecular weight excluding hydrogens is 490 g/mol. The second-order valence-electron chi connectivity index (χ2n) is 8.52. The first-order valence-corrected chi connectivity index (χ1v) is 13.1. The van der Waals surface area contributed by atoms with Gasteiger partial charge in [-0.15, -0.1) is 11.3 Å². The summed E-state index contributed by atoms with van der Waals surface area (Å²) in [5.41, 5.74) is 5.19. The number of hydrazone groups is 1. The van der Waals surface area contributed by atoms with Crippen molar-refractivity contribution in [1.29, 1.82) is 0 Å². The average Bonchev–Trinajstić information content (AvgIpc) is 3.27. The molecule has 0 radical (unpaired) electrons. The Hall–Kier alpha value is -3.98. The Balaban J connectivity index is 1.37. The first kappa shape index (κ1) is 26.1. The second kappa shape index (κ2) is 12.3. The standard InChI is InChI=1S/C28H29N3O5S/c1-3-35-28(34)24-22-11-7-8-12-23(22)37-27(24)30-26(33)20-13-15-21(16-14-20)36-18(2)25(32)31-29-17-19-9-5-4-6-10-19/h4-6,9-10,13-18H,3,7-8,11-12H2,1-2H3,(H,30,33)(H,31,32)/b29-17+. The topological polar surface area (TPSA) is 106 Å². The van der Waals surface area contributed by atoms with Crippen molar-refractivity contribution in [2.24, 2.45) is 5.10 Å². The van der Waals surface area contributed by atoms with Crippen molar-refractivity contribution in [3.8, 4) is 5.75 Å². The highest BCUT2D eigenvalue weighted by Gasteiger charge is 2.27. The minimum Gasteiger partial charge on any atom is -0.481 e. The van der Waals surface area contributed by atoms with Gasteiger partial charge in [-0.3, -0.25) is 9.59 Å². The van der Waals surface area contributed by atoms with Crippen molar-refractivity contribution in [2.75, 3.05) is 11.9 Å². The predicted molar refractivity (Wildman–Crippen MR) is 144 cm³/mol. The van der Waals surface area contributed by atoms with Crippen LogP contribution in [0.15, 0.2) is 59.7 Å². The van der Waals surface area contributed by atoms with Crippen LogP contribution in [0.25, 0.3) is 0 Å². The first-order valence-electron chi connectivity index (χ1n) is 12.2. The molecule has 1 aromatic heterocycles. The molecular formula is C28H29N3O5S. The van der Waals surface area contributed by atoms with Crippen LogP contribution in [0.5, 0.6) is 5.75 Å². The van der Waals surface area contributed by atoms with Gasteiger partial charge in [0.2, 0.25) is 0 Å². The van der Waals surface area contributed by atoms with Crippen LogP contribution >= 0.6 is 11.3 Å². The normalized spacial score (nSPS) is 13.5. The molecule has 4 rings (SSSR count). The van der Waals surface area contributed by atoms with Gasteiger partial charge in [0.25, 0.3) is 11.8 Å². The van der Waals surface area contributed by atoms with Crippen LogP contribution in [-0.4, -0.2) is 36.7 Å². The van der Waals surface area contributed by atoms with Gasteiger partial charge in [-0.25, -0.2) is 10.2 Å². The third-order valence-electron chi connectivity index (χ3n) is 5.86. The summed E-state index contributed by atoms with van der Waals surface area (Å²) in [7, 11) is 0. The van der Waals surface area contributed by atoms with Gasteiger partial charge in [-0.1, -0.05) is 30.3 Å². The summed E-state index contributed by atoms with van der Waals surface area (Å²) in [4.78, 5) is 39.0. The van der Waals surface area contributed by atoms with Crippen LogP contribution in [0.3, 0.4) is 0 Å². The van der Waals surface area contributed by atoms with E-state index in [9.17, 15) is 14.4 Å². The number of thiophene rings is 1. The number of rotatable bonds is 9. The molecule has 2 amide bonds. The Kier molecular flexibility index (Phi) is 8.68. The van der Waals surface area contributed by atoms with Gasteiger partial charge in [0.1, 0.15) is 10.8 Å². The van der Waals surface area contributed by atoms with Gasteiger partial charge in [-0.05, 0) is 74.9 Å². The third-order valence-corrected chi connectivity index (χ3v) is 7.07. The fourth-order valence-electron chi connectivity index (χ4n) is 3.99. The summed E-state index contributed by atoms with van der Waals surface area (Å²) in [5.74, 6) is -0.703. The van der Waals surface area contributed by atoms with Crippen molar-refractivity contribution in [1.82, 2.24) is 5.43 Å². The number of benzene rings is 2. The maximum Gasteiger partial charge on any atom is 0.341 e. The van der Waals surface area contributed by atoms with Crippen LogP contribution in [0.1, 0.15) is 63.4 Å². The van der Waals surface area contributed by atoms with Crippen molar-refractivity contribution in [3.63, 3.8) is 0 Å². The number of nitrogens with one attached hydrogen (secondary N) is 2. The van der Waals surface area contributed by atoms with Crippen LogP contribution in [0.4, 0.5) is 5.00 Å². The number of amides is 2. The van der Waals surface area contributed by atoms with E-state index in [0.29, 0.717) is 21.9 Å². The number of esters is 1. The summed E-state index contributed by atoms with van der Waals surface area (Å²) < 4.78 is 10.9. The molecule has 1 heterocycles. The molecule has 3 aromatic rings. The van der Waals surface area contributed by atoms with Gasteiger partial charge < -0.3 is 14.8 Å². The molecule has 8 nitrogen and oxygen atoms in total. The number of fused-ring (bicyclic) bond motifs is 1. The summed E-state index contributed by atoms with van der Waals surface area (Å²) in [5, 5.41) is 7.37. The van der Waals surface area contributed by atoms with Gasteiger partial charge >= 0.3 is 5.97 Å². The van der Waals surface area contributed by atoms with Gasteiger partial charge in [0.05, 0.1) is 18.4 Å². The van der Waals surface area contributed by atoms with Crippen molar-refractivity contribution in [2.45, 2.75) is 45.6 Å². The van der Waals surface area contributed by atoms with Gasteiger partial charge in [0.15, 0.2) is 6.10 Å². The number of anilines is 1. The Morgan fingerprint density at radius 2 is 1.78 bits per heavy atom. The quantitative estimate of drug-likeness (QED) is 0.236. The number of ether oxygens (including phenoxy) is 2. The van der Waals surface area contributed by atoms with E-state index in [1.165, 1.54) is 11.3 Å². The lowest BCUT2D eigenvalue weighted by Gasteiger charge is -2.13. The van der Waals surface area contributed by atoms with Gasteiger partial charge in [-0.2, -0.15) is 5.10 Å². The van der Waals surface area contributed by atoms with E-state index in [2.05, 4.69) is 15.8 Å². The number of hydrogen-bond donors (Lipinski definition) is 2. The van der Waals surface area contributed by atoms with Crippen LogP contribution in [-0.2, 0) is 22.4 Å². The van der Waals surface area contributed by atoms with E-state index >= 15 is 0 Å².